The standard InChI is InChI=1S/C9H13NO3/c1-7(2)13-9(11)8-3-5-10(12)6-4-8/h3-7,9,11H,1-2H3. The molecule has 1 heterocycles. The quantitative estimate of drug-likeness (QED) is 0.427. The van der Waals surface area contributed by atoms with Crippen molar-refractivity contribution < 1.29 is 14.6 Å². The number of aromatic nitrogens is 1. The van der Waals surface area contributed by atoms with Crippen molar-refractivity contribution in [3.05, 3.63) is 35.3 Å². The zero-order valence-corrected chi connectivity index (χ0v) is 7.68. The van der Waals surface area contributed by atoms with E-state index >= 15 is 0 Å². The Morgan fingerprint density at radius 3 is 2.38 bits per heavy atom. The highest BCUT2D eigenvalue weighted by Crippen LogP contribution is 2.13. The average Bonchev–Trinajstić information content (AvgIpc) is 2.04. The van der Waals surface area contributed by atoms with E-state index in [0.29, 0.717) is 10.3 Å². The van der Waals surface area contributed by atoms with Crippen LogP contribution in [0.3, 0.4) is 0 Å². The summed E-state index contributed by atoms with van der Waals surface area (Å²) < 4.78 is 5.78. The van der Waals surface area contributed by atoms with E-state index in [2.05, 4.69) is 0 Å². The van der Waals surface area contributed by atoms with Gasteiger partial charge in [-0.1, -0.05) is 0 Å². The Hall–Kier alpha value is -1.13. The molecule has 0 saturated heterocycles. The van der Waals surface area contributed by atoms with Crippen LogP contribution in [0, 0.1) is 5.21 Å². The van der Waals surface area contributed by atoms with Crippen molar-refractivity contribution in [2.24, 2.45) is 0 Å². The lowest BCUT2D eigenvalue weighted by molar-refractivity contribution is -0.605. The summed E-state index contributed by atoms with van der Waals surface area (Å²) >= 11 is 0. The van der Waals surface area contributed by atoms with Gasteiger partial charge in [-0.3, -0.25) is 0 Å². The van der Waals surface area contributed by atoms with E-state index in [4.69, 9.17) is 4.74 Å². The number of aliphatic hydroxyl groups excluding tert-OH is 1. The monoisotopic (exact) mass is 183 g/mol. The first-order valence-electron chi connectivity index (χ1n) is 4.12. The number of nitrogens with zero attached hydrogens (tertiary/aromatic N) is 1. The van der Waals surface area contributed by atoms with Gasteiger partial charge in [0.25, 0.3) is 0 Å². The molecule has 1 rings (SSSR count). The summed E-state index contributed by atoms with van der Waals surface area (Å²) in [5.74, 6) is 0. The van der Waals surface area contributed by atoms with E-state index in [-0.39, 0.29) is 6.10 Å². The summed E-state index contributed by atoms with van der Waals surface area (Å²) in [6, 6.07) is 3.06. The Kier molecular flexibility index (Phi) is 3.22. The maximum Gasteiger partial charge on any atom is 0.181 e. The first kappa shape index (κ1) is 9.95. The molecule has 1 aromatic heterocycles. The Labute approximate surface area is 77.0 Å². The molecule has 1 aromatic rings. The summed E-state index contributed by atoms with van der Waals surface area (Å²) in [6.45, 7) is 3.67. The molecule has 1 N–H and O–H groups in total. The van der Waals surface area contributed by atoms with Crippen molar-refractivity contribution in [1.29, 1.82) is 0 Å². The molecule has 72 valence electrons. The van der Waals surface area contributed by atoms with E-state index in [1.54, 1.807) is 0 Å². The Balaban J connectivity index is 2.66. The van der Waals surface area contributed by atoms with Gasteiger partial charge in [0, 0.05) is 17.7 Å². The molecule has 0 aliphatic heterocycles. The molecule has 0 amide bonds. The molecule has 0 aromatic carbocycles. The number of hydrogen-bond donors (Lipinski definition) is 1. The molecule has 0 aliphatic carbocycles. The van der Waals surface area contributed by atoms with E-state index in [1.165, 1.54) is 24.5 Å². The Morgan fingerprint density at radius 2 is 1.92 bits per heavy atom. The van der Waals surface area contributed by atoms with Gasteiger partial charge in [-0.25, -0.2) is 0 Å². The fourth-order valence-electron chi connectivity index (χ4n) is 0.925. The second-order valence-electron chi connectivity index (χ2n) is 3.03. The lowest BCUT2D eigenvalue weighted by Gasteiger charge is -2.14. The molecule has 0 fully saturated rings. The minimum absolute atomic E-state index is 0.0467. The average molecular weight is 183 g/mol. The van der Waals surface area contributed by atoms with Gasteiger partial charge in [-0.05, 0) is 13.8 Å². The molecule has 13 heavy (non-hydrogen) atoms. The van der Waals surface area contributed by atoms with Crippen molar-refractivity contribution in [3.63, 3.8) is 0 Å². The lowest BCUT2D eigenvalue weighted by Crippen LogP contribution is -2.24. The normalized spacial score (nSPS) is 13.2. The van der Waals surface area contributed by atoms with Gasteiger partial charge in [0.05, 0.1) is 6.10 Å². The number of aliphatic hydroxyl groups is 1. The number of pyridine rings is 1. The smallest absolute Gasteiger partial charge is 0.181 e. The van der Waals surface area contributed by atoms with Crippen LogP contribution in [-0.2, 0) is 4.74 Å². The van der Waals surface area contributed by atoms with Gasteiger partial charge in [0.15, 0.2) is 18.7 Å². The van der Waals surface area contributed by atoms with Crippen LogP contribution < -0.4 is 4.73 Å². The van der Waals surface area contributed by atoms with Gasteiger partial charge in [-0.2, -0.15) is 4.73 Å². The number of hydrogen-bond acceptors (Lipinski definition) is 3. The van der Waals surface area contributed by atoms with E-state index in [0.717, 1.165) is 0 Å². The summed E-state index contributed by atoms with van der Waals surface area (Å²) in [5.41, 5.74) is 0.584. The predicted octanol–water partition coefficient (Wildman–Crippen LogP) is 0.736. The van der Waals surface area contributed by atoms with Crippen molar-refractivity contribution in [3.8, 4) is 0 Å². The molecule has 0 spiro atoms. The minimum atomic E-state index is -0.957. The van der Waals surface area contributed by atoms with Crippen LogP contribution in [-0.4, -0.2) is 11.2 Å². The zero-order valence-electron chi connectivity index (χ0n) is 7.68. The van der Waals surface area contributed by atoms with Crippen LogP contribution in [0.4, 0.5) is 0 Å². The molecule has 0 radical (unpaired) electrons. The van der Waals surface area contributed by atoms with Crippen molar-refractivity contribution in [1.82, 2.24) is 0 Å². The highest BCUT2D eigenvalue weighted by atomic mass is 16.6. The topological polar surface area (TPSA) is 56.4 Å². The Morgan fingerprint density at radius 1 is 1.38 bits per heavy atom. The third kappa shape index (κ3) is 3.01. The van der Waals surface area contributed by atoms with E-state index in [1.807, 2.05) is 13.8 Å². The van der Waals surface area contributed by atoms with E-state index in [9.17, 15) is 10.3 Å². The summed E-state index contributed by atoms with van der Waals surface area (Å²) in [4.78, 5) is 0. The molecule has 0 aliphatic rings. The molecule has 0 bridgehead atoms. The minimum Gasteiger partial charge on any atom is -0.619 e. The molecular formula is C9H13NO3. The maximum absolute atomic E-state index is 10.7. The lowest BCUT2D eigenvalue weighted by atomic mass is 10.2. The second-order valence-corrected chi connectivity index (χ2v) is 3.03. The van der Waals surface area contributed by atoms with Crippen LogP contribution in [0.25, 0.3) is 0 Å². The van der Waals surface area contributed by atoms with Gasteiger partial charge in [0.1, 0.15) is 0 Å². The van der Waals surface area contributed by atoms with Gasteiger partial charge >= 0.3 is 0 Å². The number of rotatable bonds is 3. The van der Waals surface area contributed by atoms with Crippen LogP contribution in [0.1, 0.15) is 25.7 Å². The SMILES string of the molecule is CC(C)OC(O)c1cc[n+]([O-])cc1. The van der Waals surface area contributed by atoms with Gasteiger partial charge < -0.3 is 15.1 Å². The summed E-state index contributed by atoms with van der Waals surface area (Å²) in [6.07, 6.45) is 1.64. The van der Waals surface area contributed by atoms with E-state index < -0.39 is 6.29 Å². The molecular weight excluding hydrogens is 170 g/mol. The largest absolute Gasteiger partial charge is 0.619 e. The molecule has 4 heteroatoms. The van der Waals surface area contributed by atoms with Gasteiger partial charge in [-0.15, -0.1) is 0 Å². The maximum atomic E-state index is 10.7. The first-order chi connectivity index (χ1) is 6.09. The molecule has 1 atom stereocenters. The van der Waals surface area contributed by atoms with Gasteiger partial charge in [0.2, 0.25) is 0 Å². The van der Waals surface area contributed by atoms with Crippen LogP contribution in [0.15, 0.2) is 24.5 Å². The van der Waals surface area contributed by atoms with Crippen molar-refractivity contribution in [2.75, 3.05) is 0 Å². The first-order valence-corrected chi connectivity index (χ1v) is 4.12. The zero-order chi connectivity index (χ0) is 9.84. The molecule has 1 unspecified atom stereocenters. The Bertz CT molecular complexity index is 258. The van der Waals surface area contributed by atoms with Crippen molar-refractivity contribution >= 4 is 0 Å². The second kappa shape index (κ2) is 4.20. The molecule has 4 nitrogen and oxygen atoms in total. The van der Waals surface area contributed by atoms with Crippen LogP contribution >= 0.6 is 0 Å². The summed E-state index contributed by atoms with van der Waals surface area (Å²) in [5, 5.41) is 20.1. The fraction of sp³-hybridized carbons (Fsp3) is 0.444. The fourth-order valence-corrected chi connectivity index (χ4v) is 0.925. The van der Waals surface area contributed by atoms with Crippen molar-refractivity contribution in [2.45, 2.75) is 26.2 Å². The van der Waals surface area contributed by atoms with Crippen LogP contribution in [0.5, 0.6) is 0 Å². The summed E-state index contributed by atoms with van der Waals surface area (Å²) in [7, 11) is 0. The highest BCUT2D eigenvalue weighted by molar-refractivity contribution is 5.08. The molecule has 0 saturated carbocycles. The third-order valence-corrected chi connectivity index (χ3v) is 1.51. The number of ether oxygens (including phenoxy) is 1. The predicted molar refractivity (Wildman–Crippen MR) is 46.6 cm³/mol. The third-order valence-electron chi connectivity index (χ3n) is 1.51. The van der Waals surface area contributed by atoms with Crippen LogP contribution in [0.2, 0.25) is 0 Å². The highest BCUT2D eigenvalue weighted by Gasteiger charge is 2.09.